The van der Waals surface area contributed by atoms with Gasteiger partial charge in [-0.2, -0.15) is 0 Å². The van der Waals surface area contributed by atoms with Gasteiger partial charge in [-0.1, -0.05) is 37.8 Å². The molecule has 132 valence electrons. The highest BCUT2D eigenvalue weighted by atomic mass is 35.5. The van der Waals surface area contributed by atoms with Crippen LogP contribution in [0.3, 0.4) is 0 Å². The fourth-order valence-corrected chi connectivity index (χ4v) is 3.33. The molecule has 1 aliphatic carbocycles. The van der Waals surface area contributed by atoms with Crippen LogP contribution in [-0.4, -0.2) is 31.6 Å². The molecule has 1 atom stereocenters. The molecule has 1 unspecified atom stereocenters. The Morgan fingerprint density at radius 2 is 1.67 bits per heavy atom. The molecule has 1 N–H and O–H groups in total. The Kier molecular flexibility index (Phi) is 6.49. The van der Waals surface area contributed by atoms with E-state index < -0.39 is 16.9 Å². The van der Waals surface area contributed by atoms with E-state index in [1.165, 1.54) is 7.11 Å². The van der Waals surface area contributed by atoms with Crippen molar-refractivity contribution in [3.8, 4) is 5.75 Å². The van der Waals surface area contributed by atoms with Crippen molar-refractivity contribution in [3.63, 3.8) is 0 Å². The van der Waals surface area contributed by atoms with Crippen LogP contribution in [0.4, 0.5) is 0 Å². The van der Waals surface area contributed by atoms with E-state index in [2.05, 4.69) is 5.32 Å². The largest absolute Gasteiger partial charge is 0.497 e. The van der Waals surface area contributed by atoms with Gasteiger partial charge in [0.25, 0.3) is 0 Å². The number of nitrogens with one attached hydrogen (secondary N) is 1. The first-order chi connectivity index (χ1) is 11.5. The van der Waals surface area contributed by atoms with Gasteiger partial charge in [0.2, 0.25) is 5.91 Å². The van der Waals surface area contributed by atoms with Gasteiger partial charge in [-0.05, 0) is 30.5 Å². The van der Waals surface area contributed by atoms with Crippen LogP contribution in [0, 0.1) is 0 Å². The summed E-state index contributed by atoms with van der Waals surface area (Å²) >= 11 is 6.32. The Labute approximate surface area is 147 Å². The normalized spacial score (nSPS) is 18.1. The number of alkyl halides is 1. The molecule has 1 fully saturated rings. The molecule has 24 heavy (non-hydrogen) atoms. The van der Waals surface area contributed by atoms with Crippen LogP contribution in [0.1, 0.15) is 49.5 Å². The molecule has 1 saturated carbocycles. The van der Waals surface area contributed by atoms with Crippen LogP contribution in [0.25, 0.3) is 0 Å². The van der Waals surface area contributed by atoms with Crippen molar-refractivity contribution >= 4 is 23.5 Å². The van der Waals surface area contributed by atoms with Gasteiger partial charge >= 0.3 is 5.97 Å². The minimum atomic E-state index is -0.970. The van der Waals surface area contributed by atoms with Crippen molar-refractivity contribution in [1.82, 2.24) is 5.32 Å². The first-order valence-corrected chi connectivity index (χ1v) is 8.64. The Morgan fingerprint density at radius 3 is 2.17 bits per heavy atom. The number of hydrogen-bond donors (Lipinski definition) is 1. The van der Waals surface area contributed by atoms with Gasteiger partial charge in [-0.15, -0.1) is 11.6 Å². The minimum absolute atomic E-state index is 0.380. The summed E-state index contributed by atoms with van der Waals surface area (Å²) < 4.78 is 10.1. The molecular weight excluding hydrogens is 330 g/mol. The number of halogens is 1. The lowest BCUT2D eigenvalue weighted by Gasteiger charge is -2.31. The molecule has 0 bridgehead atoms. The third-order valence-electron chi connectivity index (χ3n) is 4.53. The number of benzene rings is 1. The molecule has 0 aromatic heterocycles. The Morgan fingerprint density at radius 1 is 1.08 bits per heavy atom. The summed E-state index contributed by atoms with van der Waals surface area (Å²) in [6.07, 6.45) is 5.03. The number of hydrogen-bond acceptors (Lipinski definition) is 4. The van der Waals surface area contributed by atoms with Crippen molar-refractivity contribution in [2.45, 2.75) is 49.4 Å². The molecule has 0 radical (unpaired) electrons. The number of carbonyl (C=O) groups excluding carboxylic acids is 2. The van der Waals surface area contributed by atoms with Crippen molar-refractivity contribution < 1.29 is 19.1 Å². The highest BCUT2D eigenvalue weighted by molar-refractivity contribution is 6.31. The fraction of sp³-hybridized carbons (Fsp3) is 0.556. The average molecular weight is 354 g/mol. The molecule has 0 aliphatic heterocycles. The zero-order chi connectivity index (χ0) is 17.6. The minimum Gasteiger partial charge on any atom is -0.497 e. The molecule has 2 rings (SSSR count). The lowest BCUT2D eigenvalue weighted by molar-refractivity contribution is -0.151. The summed E-state index contributed by atoms with van der Waals surface area (Å²) in [4.78, 5) is 24.9. The maximum absolute atomic E-state index is 12.6. The molecule has 6 heteroatoms. The maximum Gasteiger partial charge on any atom is 0.331 e. The molecule has 0 heterocycles. The van der Waals surface area contributed by atoms with Crippen LogP contribution in [0.2, 0.25) is 0 Å². The number of amides is 1. The quantitative estimate of drug-likeness (QED) is 0.501. The first kappa shape index (κ1) is 18.6. The van der Waals surface area contributed by atoms with Crippen molar-refractivity contribution in [3.05, 3.63) is 29.8 Å². The van der Waals surface area contributed by atoms with Crippen LogP contribution < -0.4 is 10.1 Å². The topological polar surface area (TPSA) is 64.6 Å². The fourth-order valence-electron chi connectivity index (χ4n) is 3.13. The maximum atomic E-state index is 12.6. The predicted octanol–water partition coefficient (Wildman–Crippen LogP) is 3.36. The van der Waals surface area contributed by atoms with E-state index in [9.17, 15) is 9.59 Å². The predicted molar refractivity (Wildman–Crippen MR) is 92.2 cm³/mol. The van der Waals surface area contributed by atoms with Gasteiger partial charge in [-0.3, -0.25) is 4.79 Å². The molecule has 5 nitrogen and oxygen atoms in total. The van der Waals surface area contributed by atoms with E-state index in [1.807, 2.05) is 0 Å². The zero-order valence-corrected chi connectivity index (χ0v) is 14.9. The summed E-state index contributed by atoms with van der Waals surface area (Å²) in [7, 11) is 2.93. The monoisotopic (exact) mass is 353 g/mol. The van der Waals surface area contributed by atoms with Crippen LogP contribution >= 0.6 is 11.6 Å². The summed E-state index contributed by atoms with van der Waals surface area (Å²) in [5, 5.41) is 2.00. The van der Waals surface area contributed by atoms with E-state index in [1.54, 1.807) is 31.4 Å². The van der Waals surface area contributed by atoms with E-state index in [-0.39, 0.29) is 5.91 Å². The number of methoxy groups -OCH3 is 2. The van der Waals surface area contributed by atoms with Crippen LogP contribution in [-0.2, 0) is 14.3 Å². The third-order valence-corrected chi connectivity index (χ3v) is 4.98. The second kappa shape index (κ2) is 8.38. The SMILES string of the molecule is COC(=O)C1(NC(=O)C(Cl)c2ccc(OC)cc2)CCCCCC1. The van der Waals surface area contributed by atoms with Crippen LogP contribution in [0.15, 0.2) is 24.3 Å². The highest BCUT2D eigenvalue weighted by Gasteiger charge is 2.42. The second-order valence-electron chi connectivity index (χ2n) is 6.11. The first-order valence-electron chi connectivity index (χ1n) is 8.21. The summed E-state index contributed by atoms with van der Waals surface area (Å²) in [6, 6.07) is 6.99. The van der Waals surface area contributed by atoms with Crippen molar-refractivity contribution in [2.75, 3.05) is 14.2 Å². The van der Waals surface area contributed by atoms with Gasteiger partial charge in [-0.25, -0.2) is 4.79 Å². The third kappa shape index (κ3) is 4.20. The number of esters is 1. The molecule has 0 saturated heterocycles. The second-order valence-corrected chi connectivity index (χ2v) is 6.55. The molecule has 0 spiro atoms. The molecular formula is C18H24ClNO4. The summed E-state index contributed by atoms with van der Waals surface area (Å²) in [6.45, 7) is 0. The van der Waals surface area contributed by atoms with Gasteiger partial charge < -0.3 is 14.8 Å². The average Bonchev–Trinajstić information content (AvgIpc) is 2.86. The van der Waals surface area contributed by atoms with E-state index >= 15 is 0 Å². The Bertz CT molecular complexity index is 565. The molecule has 1 aromatic rings. The lowest BCUT2D eigenvalue weighted by Crippen LogP contribution is -2.55. The Hall–Kier alpha value is -1.75. The smallest absolute Gasteiger partial charge is 0.331 e. The van der Waals surface area contributed by atoms with E-state index in [0.29, 0.717) is 24.2 Å². The van der Waals surface area contributed by atoms with Gasteiger partial charge in [0, 0.05) is 0 Å². The zero-order valence-electron chi connectivity index (χ0n) is 14.1. The lowest BCUT2D eigenvalue weighted by atomic mass is 9.89. The van der Waals surface area contributed by atoms with E-state index in [0.717, 1.165) is 25.7 Å². The number of carbonyl (C=O) groups is 2. The summed E-state index contributed by atoms with van der Waals surface area (Å²) in [5.41, 5.74) is -0.314. The van der Waals surface area contributed by atoms with Crippen molar-refractivity contribution in [2.24, 2.45) is 0 Å². The highest BCUT2D eigenvalue weighted by Crippen LogP contribution is 2.30. The molecule has 1 amide bonds. The number of ether oxygens (including phenoxy) is 2. The van der Waals surface area contributed by atoms with Crippen molar-refractivity contribution in [1.29, 1.82) is 0 Å². The van der Waals surface area contributed by atoms with Gasteiger partial charge in [0.1, 0.15) is 16.7 Å². The number of rotatable bonds is 5. The standard InChI is InChI=1S/C18H24ClNO4/c1-23-14-9-7-13(8-10-14)15(19)16(21)20-18(17(22)24-2)11-5-3-4-6-12-18/h7-10,15H,3-6,11-12H2,1-2H3,(H,20,21). The summed E-state index contributed by atoms with van der Waals surface area (Å²) in [5.74, 6) is -0.0803. The molecule has 1 aliphatic rings. The van der Waals surface area contributed by atoms with E-state index in [4.69, 9.17) is 21.1 Å². The van der Waals surface area contributed by atoms with Gasteiger partial charge in [0.05, 0.1) is 14.2 Å². The Balaban J connectivity index is 2.15. The van der Waals surface area contributed by atoms with Crippen LogP contribution in [0.5, 0.6) is 5.75 Å². The molecule has 1 aromatic carbocycles. The van der Waals surface area contributed by atoms with Gasteiger partial charge in [0.15, 0.2) is 0 Å².